The van der Waals surface area contributed by atoms with Crippen LogP contribution in [0.4, 0.5) is 11.6 Å². The van der Waals surface area contributed by atoms with Crippen LogP contribution in [0.3, 0.4) is 0 Å². The van der Waals surface area contributed by atoms with Crippen molar-refractivity contribution in [1.29, 1.82) is 0 Å². The second-order valence-corrected chi connectivity index (χ2v) is 5.55. The molecule has 2 N–H and O–H groups in total. The highest BCUT2D eigenvalue weighted by molar-refractivity contribution is 6.30. The topological polar surface area (TPSA) is 80.0 Å². The molecule has 0 saturated carbocycles. The summed E-state index contributed by atoms with van der Waals surface area (Å²) in [6.45, 7) is 2.24. The fourth-order valence-electron chi connectivity index (χ4n) is 2.10. The Kier molecular flexibility index (Phi) is 4.77. The van der Waals surface area contributed by atoms with Crippen LogP contribution in [0, 0.1) is 6.92 Å². The van der Waals surface area contributed by atoms with E-state index in [4.69, 9.17) is 16.0 Å². The van der Waals surface area contributed by atoms with E-state index in [2.05, 4.69) is 20.6 Å². The highest BCUT2D eigenvalue weighted by Crippen LogP contribution is 2.16. The van der Waals surface area contributed by atoms with Gasteiger partial charge in [-0.2, -0.15) is 0 Å². The molecule has 1 amide bonds. The minimum Gasteiger partial charge on any atom is -0.467 e. The van der Waals surface area contributed by atoms with Gasteiger partial charge in [-0.25, -0.2) is 9.97 Å². The molecule has 7 heteroatoms. The molecule has 3 aromatic rings. The van der Waals surface area contributed by atoms with Crippen molar-refractivity contribution in [1.82, 2.24) is 9.97 Å². The van der Waals surface area contributed by atoms with Gasteiger partial charge in [0.1, 0.15) is 11.5 Å². The third-order valence-corrected chi connectivity index (χ3v) is 3.41. The largest absolute Gasteiger partial charge is 0.467 e. The first-order chi connectivity index (χ1) is 11.6. The summed E-state index contributed by atoms with van der Waals surface area (Å²) in [5.41, 5.74) is 1.56. The number of hydrogen-bond acceptors (Lipinski definition) is 5. The van der Waals surface area contributed by atoms with Crippen LogP contribution >= 0.6 is 11.6 Å². The van der Waals surface area contributed by atoms with Gasteiger partial charge in [0, 0.05) is 16.4 Å². The summed E-state index contributed by atoms with van der Waals surface area (Å²) in [5.74, 6) is 0.788. The third kappa shape index (κ3) is 4.11. The van der Waals surface area contributed by atoms with Crippen molar-refractivity contribution in [3.63, 3.8) is 0 Å². The van der Waals surface area contributed by atoms with E-state index in [0.29, 0.717) is 28.9 Å². The number of carbonyl (C=O) groups is 1. The van der Waals surface area contributed by atoms with E-state index < -0.39 is 0 Å². The maximum absolute atomic E-state index is 12.4. The summed E-state index contributed by atoms with van der Waals surface area (Å²) in [4.78, 5) is 20.9. The van der Waals surface area contributed by atoms with E-state index in [1.54, 1.807) is 49.6 Å². The average molecular weight is 343 g/mol. The quantitative estimate of drug-likeness (QED) is 0.735. The lowest BCUT2D eigenvalue weighted by Gasteiger charge is -2.08. The molecule has 0 radical (unpaired) electrons. The molecule has 0 spiro atoms. The number of rotatable bonds is 5. The lowest BCUT2D eigenvalue weighted by molar-refractivity contribution is 0.102. The summed E-state index contributed by atoms with van der Waals surface area (Å²) >= 11 is 5.92. The van der Waals surface area contributed by atoms with E-state index in [-0.39, 0.29) is 11.6 Å². The van der Waals surface area contributed by atoms with Gasteiger partial charge in [-0.05, 0) is 43.3 Å². The van der Waals surface area contributed by atoms with Crippen molar-refractivity contribution in [2.45, 2.75) is 13.5 Å². The van der Waals surface area contributed by atoms with E-state index in [1.165, 1.54) is 0 Å². The van der Waals surface area contributed by atoms with Crippen LogP contribution in [0.1, 0.15) is 21.9 Å². The molecular weight excluding hydrogens is 328 g/mol. The summed E-state index contributed by atoms with van der Waals surface area (Å²) in [6, 6.07) is 12.2. The lowest BCUT2D eigenvalue weighted by Crippen LogP contribution is -2.16. The highest BCUT2D eigenvalue weighted by Gasteiger charge is 2.11. The number of hydrogen-bond donors (Lipinski definition) is 2. The monoisotopic (exact) mass is 342 g/mol. The average Bonchev–Trinajstić information content (AvgIpc) is 3.06. The molecule has 2 heterocycles. The fourth-order valence-corrected chi connectivity index (χ4v) is 2.29. The van der Waals surface area contributed by atoms with Gasteiger partial charge in [0.15, 0.2) is 0 Å². The van der Waals surface area contributed by atoms with Gasteiger partial charge in [-0.15, -0.1) is 0 Å². The fraction of sp³-hybridized carbons (Fsp3) is 0.118. The molecule has 6 nitrogen and oxygen atoms in total. The van der Waals surface area contributed by atoms with Gasteiger partial charge in [-0.1, -0.05) is 17.7 Å². The first-order valence-electron chi connectivity index (χ1n) is 7.29. The Labute approximate surface area is 143 Å². The van der Waals surface area contributed by atoms with Gasteiger partial charge in [-0.3, -0.25) is 4.79 Å². The lowest BCUT2D eigenvalue weighted by atomic mass is 10.3. The predicted octanol–water partition coefficient (Wildman–Crippen LogP) is 3.90. The number of nitrogens with zero attached hydrogens (tertiary/aromatic N) is 2. The van der Waals surface area contributed by atoms with Crippen molar-refractivity contribution in [2.75, 3.05) is 10.6 Å². The summed E-state index contributed by atoms with van der Waals surface area (Å²) < 4.78 is 5.24. The minimum atomic E-state index is -0.330. The molecule has 24 heavy (non-hydrogen) atoms. The van der Waals surface area contributed by atoms with E-state index in [0.717, 1.165) is 5.76 Å². The highest BCUT2D eigenvalue weighted by atomic mass is 35.5. The number of aromatic nitrogens is 2. The summed E-state index contributed by atoms with van der Waals surface area (Å²) in [6.07, 6.45) is 1.60. The smallest absolute Gasteiger partial charge is 0.274 e. The molecule has 0 bridgehead atoms. The van der Waals surface area contributed by atoms with Crippen molar-refractivity contribution >= 4 is 29.1 Å². The molecule has 1 aromatic carbocycles. The number of aryl methyl sites for hydroxylation is 1. The molecule has 2 aromatic heterocycles. The van der Waals surface area contributed by atoms with Gasteiger partial charge in [0.2, 0.25) is 5.95 Å². The van der Waals surface area contributed by atoms with Crippen molar-refractivity contribution < 1.29 is 9.21 Å². The Morgan fingerprint density at radius 1 is 1.21 bits per heavy atom. The zero-order valence-electron chi connectivity index (χ0n) is 12.9. The number of furan rings is 1. The number of benzene rings is 1. The standard InChI is InChI=1S/C17H15ClN4O2/c1-11-8-15(16(23)21-13-5-2-4-12(18)9-13)22-17(20-11)19-10-14-6-3-7-24-14/h2-9H,10H2,1H3,(H,21,23)(H,19,20,22). The maximum Gasteiger partial charge on any atom is 0.274 e. The van der Waals surface area contributed by atoms with E-state index >= 15 is 0 Å². The molecule has 0 unspecified atom stereocenters. The Morgan fingerprint density at radius 3 is 2.83 bits per heavy atom. The number of carbonyl (C=O) groups excluding carboxylic acids is 1. The van der Waals surface area contributed by atoms with E-state index in [1.807, 2.05) is 6.07 Å². The van der Waals surface area contributed by atoms with Crippen LogP contribution in [-0.4, -0.2) is 15.9 Å². The molecule has 3 rings (SSSR count). The van der Waals surface area contributed by atoms with Crippen molar-refractivity contribution in [2.24, 2.45) is 0 Å². The Morgan fingerprint density at radius 2 is 2.08 bits per heavy atom. The van der Waals surface area contributed by atoms with Crippen LogP contribution in [0.5, 0.6) is 0 Å². The van der Waals surface area contributed by atoms with Crippen LogP contribution in [0.2, 0.25) is 5.02 Å². The van der Waals surface area contributed by atoms with Gasteiger partial charge in [0.05, 0.1) is 12.8 Å². The van der Waals surface area contributed by atoms with Crippen LogP contribution < -0.4 is 10.6 Å². The molecule has 0 aliphatic heterocycles. The summed E-state index contributed by atoms with van der Waals surface area (Å²) in [7, 11) is 0. The minimum absolute atomic E-state index is 0.268. The summed E-state index contributed by atoms with van der Waals surface area (Å²) in [5, 5.41) is 6.35. The van der Waals surface area contributed by atoms with Gasteiger partial charge < -0.3 is 15.1 Å². The SMILES string of the molecule is Cc1cc(C(=O)Nc2cccc(Cl)c2)nc(NCc2ccco2)n1. The Balaban J connectivity index is 1.73. The number of amides is 1. The van der Waals surface area contributed by atoms with Crippen LogP contribution in [0.25, 0.3) is 0 Å². The predicted molar refractivity (Wildman–Crippen MR) is 92.2 cm³/mol. The molecule has 122 valence electrons. The first kappa shape index (κ1) is 16.0. The number of nitrogens with one attached hydrogen (secondary N) is 2. The Bertz CT molecular complexity index is 850. The number of halogens is 1. The molecule has 0 atom stereocenters. The molecule has 0 aliphatic rings. The zero-order valence-corrected chi connectivity index (χ0v) is 13.7. The Hall–Kier alpha value is -2.86. The second-order valence-electron chi connectivity index (χ2n) is 5.12. The second kappa shape index (κ2) is 7.14. The molecule has 0 fully saturated rings. The van der Waals surface area contributed by atoms with Crippen LogP contribution in [-0.2, 0) is 6.54 Å². The molecule has 0 aliphatic carbocycles. The molecular formula is C17H15ClN4O2. The maximum atomic E-state index is 12.4. The van der Waals surface area contributed by atoms with Crippen molar-refractivity contribution in [3.8, 4) is 0 Å². The van der Waals surface area contributed by atoms with Gasteiger partial charge >= 0.3 is 0 Å². The van der Waals surface area contributed by atoms with Gasteiger partial charge in [0.25, 0.3) is 5.91 Å². The normalized spacial score (nSPS) is 10.4. The molecule has 0 saturated heterocycles. The first-order valence-corrected chi connectivity index (χ1v) is 7.67. The third-order valence-electron chi connectivity index (χ3n) is 3.17. The van der Waals surface area contributed by atoms with Crippen molar-refractivity contribution in [3.05, 3.63) is 70.9 Å². The van der Waals surface area contributed by atoms with Crippen LogP contribution in [0.15, 0.2) is 53.1 Å². The van der Waals surface area contributed by atoms with E-state index in [9.17, 15) is 4.79 Å². The number of anilines is 2. The zero-order chi connectivity index (χ0) is 16.9.